The summed E-state index contributed by atoms with van der Waals surface area (Å²) in [7, 11) is -0.747. The van der Waals surface area contributed by atoms with Crippen LogP contribution in [0.2, 0.25) is 0 Å². The molecule has 5 atom stereocenters. The van der Waals surface area contributed by atoms with E-state index < -0.39 is 23.0 Å². The summed E-state index contributed by atoms with van der Waals surface area (Å²) in [5, 5.41) is 2.61. The fourth-order valence-corrected chi connectivity index (χ4v) is 5.81. The molecule has 2 heterocycles. The Hall–Kier alpha value is -1.96. The highest BCUT2D eigenvalue weighted by molar-refractivity contribution is 7.85. The van der Waals surface area contributed by atoms with Crippen LogP contribution in [0, 0.1) is 17.7 Å². The van der Waals surface area contributed by atoms with Gasteiger partial charge in [0.1, 0.15) is 11.9 Å². The molecule has 1 N–H and O–H groups in total. The van der Waals surface area contributed by atoms with E-state index in [0.29, 0.717) is 34.6 Å². The number of amides is 2. The standard InChI is InChI=1S/C17H19FN2O4S/c1-9(21)19-5-11-6-20(17(22)24-11)10-2-3-12(15(18)4-10)16-13-7-25(23)8-14(13)16/h2-4,11,13-14,16H,5-8H2,1H3,(H,19,21)/t11-,13-,14+,16?,25?/m0/s1. The molecular weight excluding hydrogens is 347 g/mol. The number of halogens is 1. The molecule has 0 spiro atoms. The van der Waals surface area contributed by atoms with Gasteiger partial charge in [-0.3, -0.25) is 13.9 Å². The van der Waals surface area contributed by atoms with Gasteiger partial charge in [0.25, 0.3) is 0 Å². The van der Waals surface area contributed by atoms with Gasteiger partial charge in [0.15, 0.2) is 0 Å². The number of carbonyl (C=O) groups is 2. The summed E-state index contributed by atoms with van der Waals surface area (Å²) in [6.45, 7) is 1.90. The maximum atomic E-state index is 14.6. The molecule has 0 bridgehead atoms. The maximum Gasteiger partial charge on any atom is 0.414 e. The zero-order valence-electron chi connectivity index (χ0n) is 13.7. The van der Waals surface area contributed by atoms with E-state index in [2.05, 4.69) is 5.32 Å². The van der Waals surface area contributed by atoms with E-state index in [1.54, 1.807) is 12.1 Å². The van der Waals surface area contributed by atoms with Crippen molar-refractivity contribution in [2.45, 2.75) is 18.9 Å². The lowest BCUT2D eigenvalue weighted by Gasteiger charge is -2.15. The van der Waals surface area contributed by atoms with Crippen LogP contribution in [0.25, 0.3) is 0 Å². The number of rotatable bonds is 4. The summed E-state index contributed by atoms with van der Waals surface area (Å²) in [4.78, 5) is 24.3. The van der Waals surface area contributed by atoms with Crippen LogP contribution in [0.4, 0.5) is 14.9 Å². The summed E-state index contributed by atoms with van der Waals surface area (Å²) in [6, 6.07) is 4.82. The molecule has 1 aliphatic carbocycles. The van der Waals surface area contributed by atoms with Gasteiger partial charge in [0, 0.05) is 29.2 Å². The Kier molecular flexibility index (Phi) is 4.02. The van der Waals surface area contributed by atoms with Crippen LogP contribution in [0.5, 0.6) is 0 Å². The molecule has 4 rings (SSSR count). The minimum Gasteiger partial charge on any atom is -0.442 e. The Labute approximate surface area is 147 Å². The Morgan fingerprint density at radius 2 is 2.12 bits per heavy atom. The van der Waals surface area contributed by atoms with Crippen molar-refractivity contribution >= 4 is 28.5 Å². The molecule has 3 aliphatic rings. The first-order valence-corrected chi connectivity index (χ1v) is 9.80. The average Bonchev–Trinajstić information content (AvgIpc) is 2.90. The van der Waals surface area contributed by atoms with Gasteiger partial charge < -0.3 is 10.1 Å². The Morgan fingerprint density at radius 1 is 1.40 bits per heavy atom. The summed E-state index contributed by atoms with van der Waals surface area (Å²) >= 11 is 0. The van der Waals surface area contributed by atoms with E-state index in [9.17, 15) is 18.2 Å². The third-order valence-electron chi connectivity index (χ3n) is 5.20. The molecule has 6 nitrogen and oxygen atoms in total. The Bertz CT molecular complexity index is 757. The van der Waals surface area contributed by atoms with E-state index in [4.69, 9.17) is 4.74 Å². The summed E-state index contributed by atoms with van der Waals surface area (Å²) in [5.41, 5.74) is 1.10. The predicted molar refractivity (Wildman–Crippen MR) is 90.3 cm³/mol. The maximum absolute atomic E-state index is 14.6. The number of ether oxygens (including phenoxy) is 1. The second kappa shape index (κ2) is 6.09. The average molecular weight is 366 g/mol. The normalized spacial score (nSPS) is 33.1. The molecule has 25 heavy (non-hydrogen) atoms. The Morgan fingerprint density at radius 3 is 2.76 bits per heavy atom. The van der Waals surface area contributed by atoms with Crippen LogP contribution in [0.3, 0.4) is 0 Å². The minimum absolute atomic E-state index is 0.157. The van der Waals surface area contributed by atoms with Gasteiger partial charge in [-0.05, 0) is 35.4 Å². The van der Waals surface area contributed by atoms with E-state index >= 15 is 0 Å². The van der Waals surface area contributed by atoms with Crippen molar-refractivity contribution in [2.75, 3.05) is 29.5 Å². The molecule has 8 heteroatoms. The summed E-state index contributed by atoms with van der Waals surface area (Å²) < 4.78 is 31.2. The first kappa shape index (κ1) is 16.5. The van der Waals surface area contributed by atoms with E-state index in [1.165, 1.54) is 17.9 Å². The van der Waals surface area contributed by atoms with Gasteiger partial charge in [-0.15, -0.1) is 0 Å². The molecular formula is C17H19FN2O4S. The number of fused-ring (bicyclic) bond motifs is 1. The molecule has 3 fully saturated rings. The molecule has 2 aliphatic heterocycles. The highest BCUT2D eigenvalue weighted by atomic mass is 32.2. The van der Waals surface area contributed by atoms with Crippen LogP contribution in [-0.2, 0) is 20.3 Å². The third-order valence-corrected chi connectivity index (χ3v) is 6.71. The quantitative estimate of drug-likeness (QED) is 0.874. The largest absolute Gasteiger partial charge is 0.442 e. The fourth-order valence-electron chi connectivity index (χ4n) is 3.91. The lowest BCUT2D eigenvalue weighted by Crippen LogP contribution is -2.33. The molecule has 2 saturated heterocycles. The van der Waals surface area contributed by atoms with Crippen molar-refractivity contribution in [1.29, 1.82) is 0 Å². The molecule has 134 valence electrons. The van der Waals surface area contributed by atoms with Crippen molar-refractivity contribution in [2.24, 2.45) is 11.8 Å². The van der Waals surface area contributed by atoms with Gasteiger partial charge in [-0.1, -0.05) is 6.07 Å². The molecule has 2 amide bonds. The zero-order valence-corrected chi connectivity index (χ0v) is 14.6. The number of cyclic esters (lactones) is 1. The molecule has 1 aromatic rings. The second-order valence-electron chi connectivity index (χ2n) is 6.89. The zero-order chi connectivity index (χ0) is 17.7. The smallest absolute Gasteiger partial charge is 0.414 e. The molecule has 0 aromatic heterocycles. The first-order valence-electron chi connectivity index (χ1n) is 8.31. The predicted octanol–water partition coefficient (Wildman–Crippen LogP) is 1.38. The topological polar surface area (TPSA) is 75.7 Å². The van der Waals surface area contributed by atoms with Crippen LogP contribution in [0.1, 0.15) is 18.4 Å². The lowest BCUT2D eigenvalue weighted by molar-refractivity contribution is -0.119. The number of nitrogens with zero attached hydrogens (tertiary/aromatic N) is 1. The molecule has 1 aromatic carbocycles. The van der Waals surface area contributed by atoms with Crippen molar-refractivity contribution in [3.05, 3.63) is 29.6 Å². The van der Waals surface area contributed by atoms with Crippen LogP contribution < -0.4 is 10.2 Å². The Balaban J connectivity index is 1.45. The SMILES string of the molecule is CC(=O)NC[C@H]1CN(c2ccc(C3[C@H]4CS(=O)C[C@@H]34)c(F)c2)C(=O)O1. The number of benzene rings is 1. The summed E-state index contributed by atoms with van der Waals surface area (Å²) in [5.74, 6) is 1.63. The van der Waals surface area contributed by atoms with Crippen LogP contribution in [0.15, 0.2) is 18.2 Å². The van der Waals surface area contributed by atoms with Gasteiger partial charge in [0.2, 0.25) is 5.91 Å². The van der Waals surface area contributed by atoms with Crippen LogP contribution in [-0.4, -0.2) is 46.9 Å². The van der Waals surface area contributed by atoms with Gasteiger partial charge in [-0.25, -0.2) is 9.18 Å². The van der Waals surface area contributed by atoms with Gasteiger partial charge >= 0.3 is 6.09 Å². The monoisotopic (exact) mass is 366 g/mol. The number of hydrogen-bond acceptors (Lipinski definition) is 4. The number of nitrogens with one attached hydrogen (secondary N) is 1. The summed E-state index contributed by atoms with van der Waals surface area (Å²) in [6.07, 6.45) is -0.988. The van der Waals surface area contributed by atoms with Crippen molar-refractivity contribution in [3.63, 3.8) is 0 Å². The number of hydrogen-bond donors (Lipinski definition) is 1. The highest BCUT2D eigenvalue weighted by Gasteiger charge is 2.57. The van der Waals surface area contributed by atoms with Crippen molar-refractivity contribution < 1.29 is 22.9 Å². The second-order valence-corrected chi connectivity index (χ2v) is 8.43. The van der Waals surface area contributed by atoms with Gasteiger partial charge in [0.05, 0.1) is 18.8 Å². The van der Waals surface area contributed by atoms with E-state index in [1.807, 2.05) is 0 Å². The molecule has 0 radical (unpaired) electrons. The fraction of sp³-hybridized carbons (Fsp3) is 0.529. The van der Waals surface area contributed by atoms with Gasteiger partial charge in [-0.2, -0.15) is 0 Å². The number of carbonyl (C=O) groups excluding carboxylic acids is 2. The van der Waals surface area contributed by atoms with Crippen LogP contribution >= 0.6 is 0 Å². The minimum atomic E-state index is -0.747. The first-order chi connectivity index (χ1) is 11.9. The molecule has 2 unspecified atom stereocenters. The molecule has 1 saturated carbocycles. The third kappa shape index (κ3) is 3.03. The van der Waals surface area contributed by atoms with E-state index in [-0.39, 0.29) is 30.7 Å². The highest BCUT2D eigenvalue weighted by Crippen LogP contribution is 2.58. The lowest BCUT2D eigenvalue weighted by atomic mass is 10.1. The number of anilines is 1. The van der Waals surface area contributed by atoms with Crippen molar-refractivity contribution in [3.8, 4) is 0 Å². The van der Waals surface area contributed by atoms with E-state index in [0.717, 1.165) is 0 Å². The van der Waals surface area contributed by atoms with Crippen molar-refractivity contribution in [1.82, 2.24) is 5.32 Å².